The predicted molar refractivity (Wildman–Crippen MR) is 214 cm³/mol. The summed E-state index contributed by atoms with van der Waals surface area (Å²) in [6.07, 6.45) is -2.28. The van der Waals surface area contributed by atoms with Gasteiger partial charge in [0.05, 0.1) is 6.42 Å². The van der Waals surface area contributed by atoms with Crippen LogP contribution in [0.1, 0.15) is 55.9 Å². The highest BCUT2D eigenvalue weighted by Crippen LogP contribution is 2.39. The van der Waals surface area contributed by atoms with Gasteiger partial charge in [-0.2, -0.15) is 0 Å². The highest BCUT2D eigenvalue weighted by Gasteiger charge is 2.48. The van der Waals surface area contributed by atoms with E-state index in [4.69, 9.17) is 15.2 Å². The molecule has 0 radical (unpaired) electrons. The molecule has 4 aromatic carbocycles. The number of amides is 6. The van der Waals surface area contributed by atoms with Crippen molar-refractivity contribution in [1.82, 2.24) is 21.3 Å². The van der Waals surface area contributed by atoms with Gasteiger partial charge >= 0.3 is 6.09 Å². The number of ether oxygens (including phenoxy) is 2. The number of nitrogens with two attached hydrogens (primary N) is 1. The van der Waals surface area contributed by atoms with Crippen LogP contribution >= 0.6 is 0 Å². The van der Waals surface area contributed by atoms with Crippen molar-refractivity contribution in [1.29, 1.82) is 0 Å². The third kappa shape index (κ3) is 11.9. The van der Waals surface area contributed by atoms with Crippen molar-refractivity contribution in [3.05, 3.63) is 131 Å². The highest BCUT2D eigenvalue weighted by atomic mass is 16.6. The molecule has 1 aliphatic heterocycles. The predicted octanol–water partition coefficient (Wildman–Crippen LogP) is 3.09. The maximum absolute atomic E-state index is 14.0. The SMILES string of the molecule is CC(C)(C)OC(=O)N[C@@H](Cc1ccc(OCc2ccccc2)cc1)C(=O)N[C@@H](CC(N)=O)C(=O)N[C@@H](C[C@]1(O)C(=O)Nc2ccccc21)C(=O)NCc1ccccc1. The van der Waals surface area contributed by atoms with Crippen molar-refractivity contribution in [2.75, 3.05) is 5.32 Å². The molecule has 0 fully saturated rings. The molecule has 1 aliphatic rings. The van der Waals surface area contributed by atoms with Gasteiger partial charge in [-0.3, -0.25) is 24.0 Å². The second kappa shape index (κ2) is 18.9. The number of anilines is 1. The third-order valence-corrected chi connectivity index (χ3v) is 9.10. The molecule has 4 aromatic rings. The minimum atomic E-state index is -2.23. The number of primary amides is 1. The molecule has 4 atom stereocenters. The normalized spacial score (nSPS) is 16.0. The largest absolute Gasteiger partial charge is 0.489 e. The summed E-state index contributed by atoms with van der Waals surface area (Å²) in [6, 6.07) is 27.2. The Kier molecular flexibility index (Phi) is 13.8. The van der Waals surface area contributed by atoms with Gasteiger partial charge < -0.3 is 46.9 Å². The summed E-state index contributed by atoms with van der Waals surface area (Å²) in [5.41, 5.74) is 5.23. The van der Waals surface area contributed by atoms with Gasteiger partial charge in [-0.05, 0) is 55.7 Å². The van der Waals surface area contributed by atoms with Crippen LogP contribution in [0, 0.1) is 0 Å². The monoisotopic (exact) mass is 792 g/mol. The Morgan fingerprint density at radius 2 is 1.31 bits per heavy atom. The smallest absolute Gasteiger partial charge is 0.408 e. The first kappa shape index (κ1) is 42.4. The molecule has 0 saturated heterocycles. The number of aliphatic hydroxyl groups is 1. The molecule has 58 heavy (non-hydrogen) atoms. The number of hydrogen-bond donors (Lipinski definition) is 7. The Bertz CT molecular complexity index is 2090. The van der Waals surface area contributed by atoms with Crippen LogP contribution in [0.15, 0.2) is 109 Å². The van der Waals surface area contributed by atoms with Gasteiger partial charge in [0, 0.05) is 30.6 Å². The average molecular weight is 793 g/mol. The molecule has 6 amide bonds. The second-order valence-electron chi connectivity index (χ2n) is 14.9. The van der Waals surface area contributed by atoms with Crippen LogP contribution in [-0.2, 0) is 53.9 Å². The highest BCUT2D eigenvalue weighted by molar-refractivity contribution is 6.05. The zero-order chi connectivity index (χ0) is 41.9. The van der Waals surface area contributed by atoms with Gasteiger partial charge in [0.15, 0.2) is 5.60 Å². The van der Waals surface area contributed by atoms with E-state index < -0.39 is 77.8 Å². The fourth-order valence-electron chi connectivity index (χ4n) is 6.23. The summed E-state index contributed by atoms with van der Waals surface area (Å²) in [7, 11) is 0. The Hall–Kier alpha value is -6.74. The summed E-state index contributed by atoms with van der Waals surface area (Å²) < 4.78 is 11.3. The molecule has 0 unspecified atom stereocenters. The fraction of sp³-hybridized carbons (Fsp3) is 0.302. The van der Waals surface area contributed by atoms with E-state index in [0.717, 1.165) is 11.1 Å². The van der Waals surface area contributed by atoms with Crippen LogP contribution in [0.3, 0.4) is 0 Å². The van der Waals surface area contributed by atoms with E-state index in [-0.39, 0.29) is 18.5 Å². The quantitative estimate of drug-likeness (QED) is 0.0833. The molecule has 15 heteroatoms. The van der Waals surface area contributed by atoms with Crippen LogP contribution in [0.2, 0.25) is 0 Å². The summed E-state index contributed by atoms with van der Waals surface area (Å²) in [4.78, 5) is 80.0. The summed E-state index contributed by atoms with van der Waals surface area (Å²) >= 11 is 0. The zero-order valence-electron chi connectivity index (χ0n) is 32.5. The van der Waals surface area contributed by atoms with Gasteiger partial charge in [0.2, 0.25) is 23.6 Å². The lowest BCUT2D eigenvalue weighted by atomic mass is 9.88. The Balaban J connectivity index is 1.35. The number of para-hydroxylation sites is 1. The molecule has 0 aromatic heterocycles. The van der Waals surface area contributed by atoms with Crippen molar-refractivity contribution in [2.45, 2.75) is 82.5 Å². The first-order valence-electron chi connectivity index (χ1n) is 18.7. The zero-order valence-corrected chi connectivity index (χ0v) is 32.5. The summed E-state index contributed by atoms with van der Waals surface area (Å²) in [5.74, 6) is -3.85. The van der Waals surface area contributed by atoms with Crippen LogP contribution in [0.25, 0.3) is 0 Å². The molecular formula is C43H48N6O9. The Morgan fingerprint density at radius 3 is 1.95 bits per heavy atom. The molecule has 0 spiro atoms. The van der Waals surface area contributed by atoms with Crippen LogP contribution < -0.4 is 37.1 Å². The minimum Gasteiger partial charge on any atom is -0.489 e. The summed E-state index contributed by atoms with van der Waals surface area (Å²) in [6.45, 7) is 5.34. The molecule has 5 rings (SSSR count). The Labute approximate surface area is 336 Å². The molecule has 0 saturated carbocycles. The molecular weight excluding hydrogens is 745 g/mol. The maximum atomic E-state index is 14.0. The van der Waals surface area contributed by atoms with Gasteiger partial charge in [-0.1, -0.05) is 91.0 Å². The lowest BCUT2D eigenvalue weighted by Gasteiger charge is -2.29. The van der Waals surface area contributed by atoms with Gasteiger partial charge in [0.25, 0.3) is 5.91 Å². The van der Waals surface area contributed by atoms with Crippen molar-refractivity contribution in [2.24, 2.45) is 5.73 Å². The van der Waals surface area contributed by atoms with Crippen molar-refractivity contribution in [3.8, 4) is 5.75 Å². The molecule has 0 aliphatic carbocycles. The van der Waals surface area contributed by atoms with E-state index in [9.17, 15) is 33.9 Å². The Morgan fingerprint density at radius 1 is 0.724 bits per heavy atom. The first-order chi connectivity index (χ1) is 27.6. The van der Waals surface area contributed by atoms with Crippen LogP contribution in [0.5, 0.6) is 5.75 Å². The van der Waals surface area contributed by atoms with E-state index in [0.29, 0.717) is 23.6 Å². The fourth-order valence-corrected chi connectivity index (χ4v) is 6.23. The second-order valence-corrected chi connectivity index (χ2v) is 14.9. The number of carbonyl (C=O) groups excluding carboxylic acids is 6. The summed E-state index contributed by atoms with van der Waals surface area (Å²) in [5, 5.41) is 24.6. The number of fused-ring (bicyclic) bond motifs is 1. The van der Waals surface area contributed by atoms with Crippen LogP contribution in [-0.4, -0.2) is 64.5 Å². The molecule has 0 bridgehead atoms. The van der Waals surface area contributed by atoms with Gasteiger partial charge in [-0.15, -0.1) is 0 Å². The number of carbonyl (C=O) groups is 6. The molecule has 8 N–H and O–H groups in total. The number of alkyl carbamates (subject to hydrolysis) is 1. The van der Waals surface area contributed by atoms with Gasteiger partial charge in [0.1, 0.15) is 36.1 Å². The van der Waals surface area contributed by atoms with Crippen molar-refractivity contribution >= 4 is 41.3 Å². The number of nitrogens with one attached hydrogen (secondary N) is 5. The topological polar surface area (TPSA) is 227 Å². The number of benzene rings is 4. The van der Waals surface area contributed by atoms with E-state index in [1.165, 1.54) is 6.07 Å². The molecule has 304 valence electrons. The lowest BCUT2D eigenvalue weighted by Crippen LogP contribution is -2.59. The van der Waals surface area contributed by atoms with Gasteiger partial charge in [-0.25, -0.2) is 4.79 Å². The number of hydrogen-bond acceptors (Lipinski definition) is 9. The van der Waals surface area contributed by atoms with Crippen LogP contribution in [0.4, 0.5) is 10.5 Å². The first-order valence-corrected chi connectivity index (χ1v) is 18.7. The number of rotatable bonds is 17. The standard InChI is InChI=1S/C43H48N6O9/c1-42(2,3)58-41(55)49-33(22-27-18-20-30(21-19-27)57-26-29-14-8-5-9-15-29)38(52)46-34(23-36(44)50)39(53)47-35(37(51)45-25-28-12-6-4-7-13-28)24-43(56)31-16-10-11-17-32(31)48-40(43)54/h4-21,33-35,56H,22-26H2,1-3H3,(H2,44,50)(H,45,51)(H,46,52)(H,47,53)(H,48,54)(H,49,55)/t33-,34-,35-,43+/m0/s1. The minimum absolute atomic E-state index is 0.0485. The van der Waals surface area contributed by atoms with Crippen molar-refractivity contribution in [3.63, 3.8) is 0 Å². The van der Waals surface area contributed by atoms with E-state index in [2.05, 4.69) is 26.6 Å². The molecule has 1 heterocycles. The lowest BCUT2D eigenvalue weighted by molar-refractivity contribution is -0.139. The van der Waals surface area contributed by atoms with E-state index >= 15 is 0 Å². The van der Waals surface area contributed by atoms with E-state index in [1.807, 2.05) is 30.3 Å². The maximum Gasteiger partial charge on any atom is 0.408 e. The molecule has 15 nitrogen and oxygen atoms in total. The average Bonchev–Trinajstić information content (AvgIpc) is 3.44. The van der Waals surface area contributed by atoms with E-state index in [1.54, 1.807) is 93.6 Å². The third-order valence-electron chi connectivity index (χ3n) is 9.10. The van der Waals surface area contributed by atoms with Crippen molar-refractivity contribution < 1.29 is 43.3 Å².